The number of carbonyl (C=O) groups is 2. The first-order valence-corrected chi connectivity index (χ1v) is 9.25. The van der Waals surface area contributed by atoms with Crippen LogP contribution in [0, 0.1) is 17.8 Å². The summed E-state index contributed by atoms with van der Waals surface area (Å²) in [6, 6.07) is 0. The summed E-state index contributed by atoms with van der Waals surface area (Å²) < 4.78 is 5.84. The molecule has 4 saturated carbocycles. The molecule has 5 heteroatoms. The molecule has 0 aromatic heterocycles. The van der Waals surface area contributed by atoms with Crippen LogP contribution in [0.1, 0.15) is 71.1 Å². The molecule has 0 unspecified atom stereocenters. The van der Waals surface area contributed by atoms with Crippen molar-refractivity contribution in [3.8, 4) is 0 Å². The highest BCUT2D eigenvalue weighted by atomic mass is 16.6. The first-order chi connectivity index (χ1) is 11.0. The Bertz CT molecular complexity index is 427. The van der Waals surface area contributed by atoms with Crippen molar-refractivity contribution in [1.82, 2.24) is 4.90 Å². The molecule has 0 radical (unpaired) electrons. The quantitative estimate of drug-likeness (QED) is 0.722. The molecule has 0 saturated heterocycles. The van der Waals surface area contributed by atoms with Gasteiger partial charge < -0.3 is 9.84 Å². The fourth-order valence-electron chi connectivity index (χ4n) is 5.36. The Morgan fingerprint density at radius 3 is 2.09 bits per heavy atom. The highest BCUT2D eigenvalue weighted by Crippen LogP contribution is 2.57. The van der Waals surface area contributed by atoms with Crippen molar-refractivity contribution >= 4 is 12.2 Å². The number of nitrogens with zero attached hydrogens (tertiary/aromatic N) is 1. The van der Waals surface area contributed by atoms with E-state index in [0.717, 1.165) is 49.8 Å². The van der Waals surface area contributed by atoms with Gasteiger partial charge >= 0.3 is 12.2 Å². The first-order valence-electron chi connectivity index (χ1n) is 9.25. The lowest BCUT2D eigenvalue weighted by molar-refractivity contribution is -0.132. The van der Waals surface area contributed by atoms with Crippen LogP contribution in [0.25, 0.3) is 0 Å². The lowest BCUT2D eigenvalue weighted by Gasteiger charge is -2.55. The highest BCUT2D eigenvalue weighted by molar-refractivity contribution is 5.86. The van der Waals surface area contributed by atoms with E-state index in [-0.39, 0.29) is 12.1 Å². The first kappa shape index (κ1) is 16.6. The van der Waals surface area contributed by atoms with Crippen molar-refractivity contribution in [3.63, 3.8) is 0 Å². The molecule has 4 aliphatic rings. The van der Waals surface area contributed by atoms with Gasteiger partial charge in [-0.05, 0) is 62.7 Å². The van der Waals surface area contributed by atoms with Gasteiger partial charge in [0.1, 0.15) is 5.60 Å². The maximum absolute atomic E-state index is 12.5. The molecule has 2 amide bonds. The third-order valence-corrected chi connectivity index (χ3v) is 5.97. The lowest BCUT2D eigenvalue weighted by Crippen LogP contribution is -2.54. The molecular weight excluding hydrogens is 294 g/mol. The van der Waals surface area contributed by atoms with Gasteiger partial charge in [0.25, 0.3) is 0 Å². The summed E-state index contributed by atoms with van der Waals surface area (Å²) in [7, 11) is 0. The number of rotatable bonds is 6. The number of ether oxygens (including phenoxy) is 1. The molecule has 4 fully saturated rings. The standard InChI is InChI=1S/C18H29NO4/c1-2-3-4-5-6-19(16(20)21)17(22)23-18-10-13-7-14(11-18)9-15(8-13)12-18/h13-15H,2-12H2,1H3,(H,20,21). The SMILES string of the molecule is CCCCCCN(C(=O)O)C(=O)OC12CC3CC(CC(C3)C1)C2. The van der Waals surface area contributed by atoms with Crippen molar-refractivity contribution in [2.24, 2.45) is 17.8 Å². The van der Waals surface area contributed by atoms with Crippen LogP contribution in [0.15, 0.2) is 0 Å². The maximum atomic E-state index is 12.5. The second-order valence-electron chi connectivity index (χ2n) is 7.96. The summed E-state index contributed by atoms with van der Waals surface area (Å²) in [6.45, 7) is 2.36. The van der Waals surface area contributed by atoms with Gasteiger partial charge in [0.05, 0.1) is 0 Å². The van der Waals surface area contributed by atoms with Gasteiger partial charge in [0, 0.05) is 6.54 Å². The highest BCUT2D eigenvalue weighted by Gasteiger charge is 2.53. The van der Waals surface area contributed by atoms with Gasteiger partial charge in [-0.1, -0.05) is 26.2 Å². The van der Waals surface area contributed by atoms with Crippen molar-refractivity contribution < 1.29 is 19.4 Å². The molecule has 4 rings (SSSR count). The van der Waals surface area contributed by atoms with Gasteiger partial charge in [0.2, 0.25) is 0 Å². The van der Waals surface area contributed by atoms with Gasteiger partial charge in [-0.25, -0.2) is 14.5 Å². The van der Waals surface area contributed by atoms with Gasteiger partial charge in [-0.2, -0.15) is 0 Å². The van der Waals surface area contributed by atoms with Crippen LogP contribution in [-0.4, -0.2) is 34.3 Å². The van der Waals surface area contributed by atoms with E-state index in [4.69, 9.17) is 4.74 Å². The number of hydrogen-bond acceptors (Lipinski definition) is 3. The number of carboxylic acid groups (broad SMARTS) is 1. The number of hydrogen-bond donors (Lipinski definition) is 1. The van der Waals surface area contributed by atoms with Crippen LogP contribution in [0.3, 0.4) is 0 Å². The average Bonchev–Trinajstić information content (AvgIpc) is 2.44. The summed E-state index contributed by atoms with van der Waals surface area (Å²) >= 11 is 0. The largest absolute Gasteiger partial charge is 0.465 e. The van der Waals surface area contributed by atoms with Crippen LogP contribution in [0.4, 0.5) is 9.59 Å². The molecule has 130 valence electrons. The van der Waals surface area contributed by atoms with Gasteiger partial charge in [-0.15, -0.1) is 0 Å². The molecule has 4 aliphatic carbocycles. The lowest BCUT2D eigenvalue weighted by atomic mass is 9.54. The average molecular weight is 323 g/mol. The predicted molar refractivity (Wildman–Crippen MR) is 86.3 cm³/mol. The van der Waals surface area contributed by atoms with Crippen molar-refractivity contribution in [2.45, 2.75) is 76.7 Å². The van der Waals surface area contributed by atoms with Crippen molar-refractivity contribution in [3.05, 3.63) is 0 Å². The Kier molecular flexibility index (Phi) is 4.83. The molecule has 5 nitrogen and oxygen atoms in total. The molecule has 4 bridgehead atoms. The third kappa shape index (κ3) is 3.64. The van der Waals surface area contributed by atoms with E-state index in [0.29, 0.717) is 17.8 Å². The Balaban J connectivity index is 1.59. The number of imide groups is 1. The maximum Gasteiger partial charge on any atom is 0.419 e. The smallest absolute Gasteiger partial charge is 0.419 e. The zero-order chi connectivity index (χ0) is 16.4. The predicted octanol–water partition coefficient (Wildman–Crippen LogP) is 4.65. The Hall–Kier alpha value is -1.26. The Morgan fingerprint density at radius 2 is 1.61 bits per heavy atom. The third-order valence-electron chi connectivity index (χ3n) is 5.97. The van der Waals surface area contributed by atoms with Gasteiger partial charge in [-0.3, -0.25) is 0 Å². The molecule has 23 heavy (non-hydrogen) atoms. The molecule has 0 aromatic carbocycles. The van der Waals surface area contributed by atoms with E-state index < -0.39 is 12.2 Å². The number of amides is 2. The fraction of sp³-hybridized carbons (Fsp3) is 0.889. The van der Waals surface area contributed by atoms with Crippen LogP contribution in [-0.2, 0) is 4.74 Å². The second kappa shape index (κ2) is 6.70. The van der Waals surface area contributed by atoms with Crippen LogP contribution in [0.5, 0.6) is 0 Å². The summed E-state index contributed by atoms with van der Waals surface area (Å²) in [5.41, 5.74) is -0.372. The zero-order valence-corrected chi connectivity index (χ0v) is 14.1. The van der Waals surface area contributed by atoms with E-state index >= 15 is 0 Å². The monoisotopic (exact) mass is 323 g/mol. The van der Waals surface area contributed by atoms with E-state index in [2.05, 4.69) is 6.92 Å². The normalized spacial score (nSPS) is 34.4. The second-order valence-corrected chi connectivity index (χ2v) is 7.96. The van der Waals surface area contributed by atoms with Gasteiger partial charge in [0.15, 0.2) is 0 Å². The zero-order valence-electron chi connectivity index (χ0n) is 14.1. The summed E-state index contributed by atoms with van der Waals surface area (Å²) in [5, 5.41) is 9.34. The number of unbranched alkanes of at least 4 members (excludes halogenated alkanes) is 3. The molecule has 0 spiro atoms. The summed E-state index contributed by atoms with van der Waals surface area (Å²) in [5.74, 6) is 2.03. The number of carbonyl (C=O) groups excluding carboxylic acids is 1. The molecular formula is C18H29NO4. The van der Waals surface area contributed by atoms with E-state index in [9.17, 15) is 14.7 Å². The summed E-state index contributed by atoms with van der Waals surface area (Å²) in [6.07, 6.45) is 8.63. The molecule has 0 aromatic rings. The minimum atomic E-state index is -1.18. The topological polar surface area (TPSA) is 66.8 Å². The fourth-order valence-corrected chi connectivity index (χ4v) is 5.36. The van der Waals surface area contributed by atoms with E-state index in [1.807, 2.05) is 0 Å². The van der Waals surface area contributed by atoms with E-state index in [1.165, 1.54) is 19.3 Å². The van der Waals surface area contributed by atoms with Crippen molar-refractivity contribution in [1.29, 1.82) is 0 Å². The Labute approximate surface area is 138 Å². The van der Waals surface area contributed by atoms with E-state index in [1.54, 1.807) is 0 Å². The van der Waals surface area contributed by atoms with Crippen LogP contribution >= 0.6 is 0 Å². The van der Waals surface area contributed by atoms with Crippen molar-refractivity contribution in [2.75, 3.05) is 6.54 Å². The minimum absolute atomic E-state index is 0.251. The molecule has 0 aliphatic heterocycles. The van der Waals surface area contributed by atoms with Crippen LogP contribution < -0.4 is 0 Å². The Morgan fingerprint density at radius 1 is 1.04 bits per heavy atom. The van der Waals surface area contributed by atoms with Crippen LogP contribution in [0.2, 0.25) is 0 Å². The molecule has 0 heterocycles. The molecule has 1 N–H and O–H groups in total. The minimum Gasteiger partial charge on any atom is -0.465 e. The summed E-state index contributed by atoms with van der Waals surface area (Å²) in [4.78, 5) is 24.8. The molecule has 0 atom stereocenters.